The van der Waals surface area contributed by atoms with E-state index in [9.17, 15) is 24.0 Å². The highest BCUT2D eigenvalue weighted by Gasteiger charge is 2.39. The zero-order chi connectivity index (χ0) is 21.9. The number of thiophene rings is 1. The van der Waals surface area contributed by atoms with Gasteiger partial charge >= 0.3 is 0 Å². The summed E-state index contributed by atoms with van der Waals surface area (Å²) >= 11 is 1.03. The van der Waals surface area contributed by atoms with Gasteiger partial charge in [0.25, 0.3) is 11.8 Å². The van der Waals surface area contributed by atoms with E-state index in [4.69, 9.17) is 5.73 Å². The highest BCUT2D eigenvalue weighted by molar-refractivity contribution is 7.15. The van der Waals surface area contributed by atoms with Crippen molar-refractivity contribution in [1.82, 2.24) is 15.1 Å². The van der Waals surface area contributed by atoms with E-state index in [0.717, 1.165) is 24.2 Å². The van der Waals surface area contributed by atoms with Crippen molar-refractivity contribution in [3.8, 4) is 0 Å². The van der Waals surface area contributed by atoms with Crippen molar-refractivity contribution in [1.29, 1.82) is 0 Å². The summed E-state index contributed by atoms with van der Waals surface area (Å²) in [7, 11) is 0. The van der Waals surface area contributed by atoms with E-state index in [1.54, 1.807) is 11.0 Å². The Morgan fingerprint density at radius 3 is 2.47 bits per heavy atom. The lowest BCUT2D eigenvalue weighted by Crippen LogP contribution is -2.52. The second kappa shape index (κ2) is 8.95. The number of primary amides is 1. The number of amides is 5. The van der Waals surface area contributed by atoms with Crippen LogP contribution in [0.15, 0.2) is 12.1 Å². The predicted molar refractivity (Wildman–Crippen MR) is 110 cm³/mol. The summed E-state index contributed by atoms with van der Waals surface area (Å²) in [5, 5.41) is 2.86. The first-order chi connectivity index (χ1) is 14.2. The summed E-state index contributed by atoms with van der Waals surface area (Å²) in [5.41, 5.74) is 4.72. The predicted octanol–water partition coefficient (Wildman–Crippen LogP) is 0.887. The fourth-order valence-electron chi connectivity index (χ4n) is 3.98. The molecule has 1 unspecified atom stereocenters. The van der Waals surface area contributed by atoms with E-state index in [1.807, 2.05) is 6.92 Å². The second-order valence-corrected chi connectivity index (χ2v) is 8.98. The molecule has 1 aromatic heterocycles. The number of hydrogen-bond acceptors (Lipinski definition) is 6. The number of nitrogens with zero attached hydrogens (tertiary/aromatic N) is 2. The molecule has 0 radical (unpaired) electrons. The van der Waals surface area contributed by atoms with Crippen LogP contribution in [-0.2, 0) is 14.4 Å². The second-order valence-electron chi connectivity index (χ2n) is 7.90. The van der Waals surface area contributed by atoms with Gasteiger partial charge in [0.05, 0.1) is 15.3 Å². The van der Waals surface area contributed by atoms with E-state index >= 15 is 0 Å². The Labute approximate surface area is 178 Å². The molecule has 3 N–H and O–H groups in total. The third-order valence-electron chi connectivity index (χ3n) is 5.68. The van der Waals surface area contributed by atoms with Gasteiger partial charge in [-0.25, -0.2) is 0 Å². The van der Waals surface area contributed by atoms with Crippen LogP contribution in [0.5, 0.6) is 0 Å². The standard InChI is InChI=1S/C20H26N4O5S/c1-20(12-22-19(29)14-6-5-13(30-14)18(21)28)9-3-11-24(20)17(27)4-2-10-23-15(25)7-8-16(23)26/h5-6H,2-4,7-12H2,1H3,(H2,21,28)(H,22,29). The zero-order valence-electron chi connectivity index (χ0n) is 16.9. The SMILES string of the molecule is CC1(CNC(=O)c2ccc(C(N)=O)s2)CCCN1C(=O)CCCN1C(=O)CCC1=O. The Balaban J connectivity index is 1.51. The molecule has 2 fully saturated rings. The lowest BCUT2D eigenvalue weighted by atomic mass is 9.98. The first-order valence-electron chi connectivity index (χ1n) is 10.0. The number of nitrogens with one attached hydrogen (secondary N) is 1. The highest BCUT2D eigenvalue weighted by atomic mass is 32.1. The topological polar surface area (TPSA) is 130 Å². The molecule has 10 heteroatoms. The normalized spacial score (nSPS) is 21.4. The molecule has 2 saturated heterocycles. The van der Waals surface area contributed by atoms with E-state index in [0.29, 0.717) is 29.3 Å². The number of carbonyl (C=O) groups is 5. The summed E-state index contributed by atoms with van der Waals surface area (Å²) < 4.78 is 0. The molecule has 0 saturated carbocycles. The molecule has 0 aliphatic carbocycles. The van der Waals surface area contributed by atoms with E-state index in [1.165, 1.54) is 11.0 Å². The molecule has 0 spiro atoms. The van der Waals surface area contributed by atoms with Crippen molar-refractivity contribution in [2.75, 3.05) is 19.6 Å². The first kappa shape index (κ1) is 21.9. The van der Waals surface area contributed by atoms with Gasteiger partial charge < -0.3 is 16.0 Å². The first-order valence-corrected chi connectivity index (χ1v) is 10.8. The van der Waals surface area contributed by atoms with Crippen molar-refractivity contribution in [2.45, 2.75) is 51.0 Å². The Bertz CT molecular complexity index is 866. The number of hydrogen-bond donors (Lipinski definition) is 2. The molecule has 3 heterocycles. The fourth-order valence-corrected chi connectivity index (χ4v) is 4.75. The van der Waals surface area contributed by atoms with Crippen LogP contribution in [-0.4, -0.2) is 64.5 Å². The van der Waals surface area contributed by atoms with Gasteiger partial charge in [0.2, 0.25) is 17.7 Å². The lowest BCUT2D eigenvalue weighted by Gasteiger charge is -2.35. The summed E-state index contributed by atoms with van der Waals surface area (Å²) in [5.74, 6) is -1.27. The number of nitrogens with two attached hydrogens (primary N) is 1. The number of rotatable bonds is 8. The molecule has 2 aliphatic heterocycles. The maximum absolute atomic E-state index is 12.8. The molecule has 0 bridgehead atoms. The molecule has 9 nitrogen and oxygen atoms in total. The number of carbonyl (C=O) groups excluding carboxylic acids is 5. The van der Waals surface area contributed by atoms with Crippen molar-refractivity contribution in [3.05, 3.63) is 21.9 Å². The van der Waals surface area contributed by atoms with Gasteiger partial charge in [-0.15, -0.1) is 11.3 Å². The Morgan fingerprint density at radius 2 is 1.83 bits per heavy atom. The average molecular weight is 435 g/mol. The van der Waals surface area contributed by atoms with Crippen molar-refractivity contribution >= 4 is 40.9 Å². The molecule has 162 valence electrons. The monoisotopic (exact) mass is 434 g/mol. The Hall–Kier alpha value is -2.75. The summed E-state index contributed by atoms with van der Waals surface area (Å²) in [6, 6.07) is 3.08. The molecule has 5 amide bonds. The molecular weight excluding hydrogens is 408 g/mol. The third kappa shape index (κ3) is 4.69. The van der Waals surface area contributed by atoms with E-state index in [2.05, 4.69) is 5.32 Å². The molecule has 1 aromatic rings. The molecular formula is C20H26N4O5S. The summed E-state index contributed by atoms with van der Waals surface area (Å²) in [4.78, 5) is 63.4. The van der Waals surface area contributed by atoms with Gasteiger partial charge in [-0.05, 0) is 38.3 Å². The van der Waals surface area contributed by atoms with Gasteiger partial charge in [0.15, 0.2) is 0 Å². The van der Waals surface area contributed by atoms with Crippen molar-refractivity contribution < 1.29 is 24.0 Å². The van der Waals surface area contributed by atoms with Crippen molar-refractivity contribution in [2.24, 2.45) is 5.73 Å². The zero-order valence-corrected chi connectivity index (χ0v) is 17.8. The average Bonchev–Trinajstić information content (AvgIpc) is 3.41. The summed E-state index contributed by atoms with van der Waals surface area (Å²) in [6.45, 7) is 3.11. The lowest BCUT2D eigenvalue weighted by molar-refractivity contribution is -0.140. The molecule has 0 aromatic carbocycles. The van der Waals surface area contributed by atoms with Gasteiger partial charge in [0.1, 0.15) is 0 Å². The van der Waals surface area contributed by atoms with E-state index < -0.39 is 11.4 Å². The van der Waals surface area contributed by atoms with Crippen LogP contribution < -0.4 is 11.1 Å². The molecule has 3 rings (SSSR count). The third-order valence-corrected chi connectivity index (χ3v) is 6.78. The number of imide groups is 1. The van der Waals surface area contributed by atoms with Crippen LogP contribution in [0.1, 0.15) is 64.8 Å². The minimum absolute atomic E-state index is 0.0458. The fraction of sp³-hybridized carbons (Fsp3) is 0.550. The van der Waals surface area contributed by atoms with Gasteiger partial charge in [0, 0.05) is 38.9 Å². The van der Waals surface area contributed by atoms with Crippen LogP contribution in [0.25, 0.3) is 0 Å². The molecule has 1 atom stereocenters. The van der Waals surface area contributed by atoms with Crippen LogP contribution in [0, 0.1) is 0 Å². The minimum atomic E-state index is -0.573. The van der Waals surface area contributed by atoms with Gasteiger partial charge in [-0.3, -0.25) is 28.9 Å². The summed E-state index contributed by atoms with van der Waals surface area (Å²) in [6.07, 6.45) is 2.78. The van der Waals surface area contributed by atoms with Crippen LogP contribution in [0.3, 0.4) is 0 Å². The molecule has 30 heavy (non-hydrogen) atoms. The van der Waals surface area contributed by atoms with Gasteiger partial charge in [-0.2, -0.15) is 0 Å². The van der Waals surface area contributed by atoms with E-state index in [-0.39, 0.29) is 49.4 Å². The highest BCUT2D eigenvalue weighted by Crippen LogP contribution is 2.29. The Kier molecular flexibility index (Phi) is 6.55. The maximum Gasteiger partial charge on any atom is 0.261 e. The number of likely N-dealkylation sites (tertiary alicyclic amines) is 2. The van der Waals surface area contributed by atoms with Gasteiger partial charge in [-0.1, -0.05) is 0 Å². The largest absolute Gasteiger partial charge is 0.365 e. The van der Waals surface area contributed by atoms with Crippen LogP contribution in [0.2, 0.25) is 0 Å². The van der Waals surface area contributed by atoms with Crippen LogP contribution in [0.4, 0.5) is 0 Å². The minimum Gasteiger partial charge on any atom is -0.365 e. The Morgan fingerprint density at radius 1 is 1.17 bits per heavy atom. The smallest absolute Gasteiger partial charge is 0.261 e. The molecule has 2 aliphatic rings. The quantitative estimate of drug-likeness (QED) is 0.587. The maximum atomic E-state index is 12.8. The van der Waals surface area contributed by atoms with Crippen molar-refractivity contribution in [3.63, 3.8) is 0 Å². The van der Waals surface area contributed by atoms with Crippen LogP contribution >= 0.6 is 11.3 Å².